The van der Waals surface area contributed by atoms with E-state index in [-0.39, 0.29) is 5.57 Å². The first kappa shape index (κ1) is 25.4. The average Bonchev–Trinajstić information content (AvgIpc) is 2.84. The fraction of sp³-hybridized carbons (Fsp3) is 0.179. The number of imide groups is 2. The Labute approximate surface area is 223 Å². The van der Waals surface area contributed by atoms with Gasteiger partial charge in [-0.3, -0.25) is 14.9 Å². The van der Waals surface area contributed by atoms with Crippen LogP contribution in [0.4, 0.5) is 10.5 Å². The third-order valence-corrected chi connectivity index (χ3v) is 6.51. The largest absolute Gasteiger partial charge is 0.490 e. The number of carbonyl (C=O) groups is 3. The number of halogens is 1. The quantitative estimate of drug-likeness (QED) is 0.220. The molecule has 0 atom stereocenters. The first-order valence-corrected chi connectivity index (χ1v) is 12.5. The zero-order chi connectivity index (χ0) is 25.8. The molecule has 7 nitrogen and oxygen atoms in total. The van der Waals surface area contributed by atoms with Gasteiger partial charge < -0.3 is 9.47 Å². The molecule has 4 amide bonds. The zero-order valence-electron chi connectivity index (χ0n) is 20.1. The summed E-state index contributed by atoms with van der Waals surface area (Å²) < 4.78 is 12.7. The molecule has 1 N–H and O–H groups in total. The van der Waals surface area contributed by atoms with Crippen LogP contribution in [0.3, 0.4) is 0 Å². The molecule has 0 aliphatic carbocycles. The van der Waals surface area contributed by atoms with Gasteiger partial charge in [0.1, 0.15) is 12.2 Å². The van der Waals surface area contributed by atoms with E-state index in [1.807, 2.05) is 13.0 Å². The fourth-order valence-corrected chi connectivity index (χ4v) is 4.54. The Morgan fingerprint density at radius 1 is 0.944 bits per heavy atom. The van der Waals surface area contributed by atoms with Crippen molar-refractivity contribution in [1.29, 1.82) is 0 Å². The Morgan fingerprint density at radius 3 is 2.39 bits per heavy atom. The molecular weight excluding hydrogens is 571 g/mol. The van der Waals surface area contributed by atoms with Gasteiger partial charge in [0.2, 0.25) is 0 Å². The summed E-state index contributed by atoms with van der Waals surface area (Å²) in [7, 11) is 0. The summed E-state index contributed by atoms with van der Waals surface area (Å²) in [6.07, 6.45) is 1.46. The van der Waals surface area contributed by atoms with Crippen molar-refractivity contribution in [2.45, 2.75) is 27.4 Å². The van der Waals surface area contributed by atoms with E-state index < -0.39 is 17.8 Å². The predicted molar refractivity (Wildman–Crippen MR) is 146 cm³/mol. The third-order valence-electron chi connectivity index (χ3n) is 5.71. The second-order valence-electron chi connectivity index (χ2n) is 8.26. The van der Waals surface area contributed by atoms with Gasteiger partial charge in [-0.25, -0.2) is 9.69 Å². The van der Waals surface area contributed by atoms with Gasteiger partial charge in [-0.15, -0.1) is 0 Å². The third kappa shape index (κ3) is 5.43. The Morgan fingerprint density at radius 2 is 1.69 bits per heavy atom. The smallest absolute Gasteiger partial charge is 0.335 e. The molecule has 0 unspecified atom stereocenters. The van der Waals surface area contributed by atoms with Gasteiger partial charge >= 0.3 is 6.03 Å². The molecule has 3 aromatic rings. The highest BCUT2D eigenvalue weighted by atomic mass is 127. The number of nitrogens with one attached hydrogen (secondary N) is 1. The molecule has 4 rings (SSSR count). The lowest BCUT2D eigenvalue weighted by Crippen LogP contribution is -2.54. The first-order valence-electron chi connectivity index (χ1n) is 11.4. The van der Waals surface area contributed by atoms with Crippen LogP contribution in [0.5, 0.6) is 11.5 Å². The number of aryl methyl sites for hydroxylation is 2. The Bertz CT molecular complexity index is 1370. The van der Waals surface area contributed by atoms with E-state index in [2.05, 4.69) is 53.9 Å². The van der Waals surface area contributed by atoms with Crippen LogP contribution in [0.2, 0.25) is 0 Å². The molecule has 0 radical (unpaired) electrons. The molecule has 0 bridgehead atoms. The maximum absolute atomic E-state index is 13.1. The van der Waals surface area contributed by atoms with E-state index >= 15 is 0 Å². The minimum atomic E-state index is -0.784. The standard InChI is InChI=1S/C28H25IN2O5/c1-4-35-24-15-20(14-23(29)25(24)36-16-19-11-10-17(2)18(3)12-19)13-22-26(32)30-28(34)31(27(22)33)21-8-6-5-7-9-21/h5-15H,4,16H2,1-3H3,(H,30,32,34)/b22-13+. The summed E-state index contributed by atoms with van der Waals surface area (Å²) in [6.45, 7) is 6.77. The van der Waals surface area contributed by atoms with E-state index in [9.17, 15) is 14.4 Å². The SMILES string of the molecule is CCOc1cc(/C=C2\C(=O)NC(=O)N(c3ccccc3)C2=O)cc(I)c1OCc1ccc(C)c(C)c1. The molecule has 1 fully saturated rings. The van der Waals surface area contributed by atoms with Crippen LogP contribution in [0.15, 0.2) is 66.2 Å². The van der Waals surface area contributed by atoms with Gasteiger partial charge in [0.05, 0.1) is 15.9 Å². The number of barbiturate groups is 1. The van der Waals surface area contributed by atoms with Crippen molar-refractivity contribution < 1.29 is 23.9 Å². The van der Waals surface area contributed by atoms with E-state index in [1.165, 1.54) is 17.2 Å². The maximum Gasteiger partial charge on any atom is 0.335 e. The monoisotopic (exact) mass is 596 g/mol. The van der Waals surface area contributed by atoms with Crippen molar-refractivity contribution in [1.82, 2.24) is 5.32 Å². The number of hydrogen-bond acceptors (Lipinski definition) is 5. The molecule has 0 aromatic heterocycles. The minimum absolute atomic E-state index is 0.152. The summed E-state index contributed by atoms with van der Waals surface area (Å²) in [4.78, 5) is 39.0. The van der Waals surface area contributed by atoms with E-state index in [4.69, 9.17) is 9.47 Å². The number of rotatable bonds is 7. The van der Waals surface area contributed by atoms with Crippen molar-refractivity contribution in [3.05, 3.63) is 92.1 Å². The number of anilines is 1. The van der Waals surface area contributed by atoms with Crippen LogP contribution >= 0.6 is 22.6 Å². The summed E-state index contributed by atoms with van der Waals surface area (Å²) in [5.74, 6) is -0.365. The lowest BCUT2D eigenvalue weighted by molar-refractivity contribution is -0.122. The predicted octanol–water partition coefficient (Wildman–Crippen LogP) is 5.55. The van der Waals surface area contributed by atoms with E-state index in [0.717, 1.165) is 14.0 Å². The number of hydrogen-bond donors (Lipinski definition) is 1. The van der Waals surface area contributed by atoms with Gasteiger partial charge in [0, 0.05) is 0 Å². The molecule has 184 valence electrons. The molecule has 1 aliphatic rings. The zero-order valence-corrected chi connectivity index (χ0v) is 22.3. The maximum atomic E-state index is 13.1. The van der Waals surface area contributed by atoms with Crippen molar-refractivity contribution in [2.75, 3.05) is 11.5 Å². The van der Waals surface area contributed by atoms with Crippen molar-refractivity contribution >= 4 is 52.2 Å². The topological polar surface area (TPSA) is 84.9 Å². The average molecular weight is 596 g/mol. The molecule has 3 aromatic carbocycles. The molecule has 0 saturated carbocycles. The van der Waals surface area contributed by atoms with E-state index in [0.29, 0.717) is 36.0 Å². The number of urea groups is 1. The van der Waals surface area contributed by atoms with Gasteiger partial charge in [-0.2, -0.15) is 0 Å². The van der Waals surface area contributed by atoms with Gasteiger partial charge in [0.25, 0.3) is 11.8 Å². The number of ether oxygens (including phenoxy) is 2. The molecule has 0 spiro atoms. The van der Waals surface area contributed by atoms with Crippen LogP contribution in [0.1, 0.15) is 29.2 Å². The molecule has 1 saturated heterocycles. The second kappa shape index (κ2) is 10.9. The van der Waals surface area contributed by atoms with E-state index in [1.54, 1.807) is 42.5 Å². The molecule has 1 aliphatic heterocycles. The number of benzene rings is 3. The summed E-state index contributed by atoms with van der Waals surface area (Å²) >= 11 is 2.14. The summed E-state index contributed by atoms with van der Waals surface area (Å²) in [5, 5.41) is 2.24. The summed E-state index contributed by atoms with van der Waals surface area (Å²) in [6, 6.07) is 17.4. The fourth-order valence-electron chi connectivity index (χ4n) is 3.76. The minimum Gasteiger partial charge on any atom is -0.490 e. The highest BCUT2D eigenvalue weighted by molar-refractivity contribution is 14.1. The molecule has 1 heterocycles. The first-order chi connectivity index (χ1) is 17.3. The number of para-hydroxylation sites is 1. The summed E-state index contributed by atoms with van der Waals surface area (Å²) in [5.41, 5.74) is 4.24. The molecule has 8 heteroatoms. The van der Waals surface area contributed by atoms with Crippen LogP contribution < -0.4 is 19.7 Å². The van der Waals surface area contributed by atoms with Crippen molar-refractivity contribution in [2.24, 2.45) is 0 Å². The van der Waals surface area contributed by atoms with Gasteiger partial charge in [-0.05, 0) is 96.0 Å². The number of nitrogens with zero attached hydrogens (tertiary/aromatic N) is 1. The lowest BCUT2D eigenvalue weighted by Gasteiger charge is -2.26. The highest BCUT2D eigenvalue weighted by Crippen LogP contribution is 2.36. The van der Waals surface area contributed by atoms with Crippen molar-refractivity contribution in [3.8, 4) is 11.5 Å². The van der Waals surface area contributed by atoms with Crippen LogP contribution in [0, 0.1) is 17.4 Å². The highest BCUT2D eigenvalue weighted by Gasteiger charge is 2.36. The molecule has 36 heavy (non-hydrogen) atoms. The normalized spacial score (nSPS) is 14.7. The van der Waals surface area contributed by atoms with Gasteiger partial charge in [0.15, 0.2) is 11.5 Å². The molecular formula is C28H25IN2O5. The number of carbonyl (C=O) groups excluding carboxylic acids is 3. The Balaban J connectivity index is 1.65. The van der Waals surface area contributed by atoms with Crippen LogP contribution in [-0.2, 0) is 16.2 Å². The van der Waals surface area contributed by atoms with Crippen LogP contribution in [-0.4, -0.2) is 24.5 Å². The Hall–Kier alpha value is -3.66. The lowest BCUT2D eigenvalue weighted by atomic mass is 10.1. The van der Waals surface area contributed by atoms with Crippen molar-refractivity contribution in [3.63, 3.8) is 0 Å². The van der Waals surface area contributed by atoms with Gasteiger partial charge in [-0.1, -0.05) is 36.4 Å². The Kier molecular flexibility index (Phi) is 7.73. The van der Waals surface area contributed by atoms with Crippen LogP contribution in [0.25, 0.3) is 6.08 Å². The second-order valence-corrected chi connectivity index (χ2v) is 9.43. The number of amides is 4.